The van der Waals surface area contributed by atoms with Crippen LogP contribution in [0.3, 0.4) is 0 Å². The first-order valence-electron chi connectivity index (χ1n) is 6.66. The van der Waals surface area contributed by atoms with Gasteiger partial charge in [0.1, 0.15) is 0 Å². The average Bonchev–Trinajstić information content (AvgIpc) is 2.34. The zero-order chi connectivity index (χ0) is 16.0. The van der Waals surface area contributed by atoms with Crippen LogP contribution in [0.2, 0.25) is 0 Å². The molecule has 0 saturated heterocycles. The van der Waals surface area contributed by atoms with Gasteiger partial charge in [-0.3, -0.25) is 0 Å². The molecule has 21 heavy (non-hydrogen) atoms. The molecule has 5 heteroatoms. The van der Waals surface area contributed by atoms with Crippen molar-refractivity contribution in [3.05, 3.63) is 38.1 Å². The fourth-order valence-electron chi connectivity index (χ4n) is 1.08. The van der Waals surface area contributed by atoms with Crippen LogP contribution < -0.4 is 10.2 Å². The molecule has 0 heterocycles. The molecule has 4 radical (unpaired) electrons. The predicted octanol–water partition coefficient (Wildman–Crippen LogP) is 0.997. The first-order valence-corrected chi connectivity index (χ1v) is 6.66. The van der Waals surface area contributed by atoms with Crippen molar-refractivity contribution in [2.75, 3.05) is 41.3 Å². The van der Waals surface area contributed by atoms with E-state index in [1.807, 2.05) is 28.2 Å². The van der Waals surface area contributed by atoms with E-state index in [4.69, 9.17) is 0 Å². The second-order valence-electron chi connectivity index (χ2n) is 4.76. The van der Waals surface area contributed by atoms with Gasteiger partial charge in [0, 0.05) is 0 Å². The molecule has 0 N–H and O–H groups in total. The maximum absolute atomic E-state index is 10.3. The summed E-state index contributed by atoms with van der Waals surface area (Å²) >= 11 is 0. The SMILES string of the molecule is [CH2]CCN(C)C.[CH2]CCN(C)C.[O-]c1ccccc1[O-].[Sn+2]. The zero-order valence-corrected chi connectivity index (χ0v) is 16.6. The molecule has 0 spiro atoms. The first-order chi connectivity index (χ1) is 9.34. The van der Waals surface area contributed by atoms with Crippen LogP contribution in [0.15, 0.2) is 24.3 Å². The van der Waals surface area contributed by atoms with Gasteiger partial charge in [0.25, 0.3) is 0 Å². The quantitative estimate of drug-likeness (QED) is 0.710. The fraction of sp³-hybridized carbons (Fsp3) is 0.500. The Kier molecular flexibility index (Phi) is 21.4. The third kappa shape index (κ3) is 22.0. The van der Waals surface area contributed by atoms with Crippen LogP contribution in [0.1, 0.15) is 12.8 Å². The van der Waals surface area contributed by atoms with Gasteiger partial charge in [-0.15, -0.1) is 11.5 Å². The Morgan fingerprint density at radius 3 is 1.19 bits per heavy atom. The van der Waals surface area contributed by atoms with Crippen LogP contribution in [-0.2, 0) is 0 Å². The Balaban J connectivity index is -0.000000231. The van der Waals surface area contributed by atoms with Crippen molar-refractivity contribution in [1.82, 2.24) is 9.80 Å². The summed E-state index contributed by atoms with van der Waals surface area (Å²) in [6.07, 6.45) is 2.01. The summed E-state index contributed by atoms with van der Waals surface area (Å²) in [6.45, 7) is 9.56. The van der Waals surface area contributed by atoms with Gasteiger partial charge in [-0.1, -0.05) is 38.1 Å². The Morgan fingerprint density at radius 2 is 1.10 bits per heavy atom. The molecule has 1 rings (SSSR count). The standard InChI is InChI=1S/C6H6O2.2C5H12N.Sn/c7-5-3-1-2-4-6(5)8;2*1-4-5-6(2)3;/h1-4,7-8H;2*1,4-5H2,2-3H3;/q;;;+2/p-2. The second kappa shape index (κ2) is 17.6. The number of hydrogen-bond acceptors (Lipinski definition) is 4. The Bertz CT molecular complexity index is 290. The summed E-state index contributed by atoms with van der Waals surface area (Å²) in [6, 6.07) is 5.60. The predicted molar refractivity (Wildman–Crippen MR) is 88.1 cm³/mol. The van der Waals surface area contributed by atoms with E-state index in [-0.39, 0.29) is 23.9 Å². The molecule has 118 valence electrons. The first kappa shape index (κ1) is 25.5. The van der Waals surface area contributed by atoms with Crippen molar-refractivity contribution in [3.8, 4) is 11.5 Å². The number of para-hydroxylation sites is 2. The van der Waals surface area contributed by atoms with Gasteiger partial charge in [-0.2, -0.15) is 0 Å². The third-order valence-corrected chi connectivity index (χ3v) is 2.06. The molecule has 0 atom stereocenters. The van der Waals surface area contributed by atoms with Crippen molar-refractivity contribution in [2.45, 2.75) is 12.8 Å². The van der Waals surface area contributed by atoms with Crippen LogP contribution in [-0.4, -0.2) is 75.0 Å². The van der Waals surface area contributed by atoms with Gasteiger partial charge in [0.15, 0.2) is 0 Å². The average molecular weight is 399 g/mol. The van der Waals surface area contributed by atoms with Crippen molar-refractivity contribution >= 4 is 23.9 Å². The van der Waals surface area contributed by atoms with E-state index in [1.165, 1.54) is 12.1 Å². The Hall–Kier alpha value is -0.461. The number of nitrogens with zero attached hydrogens (tertiary/aromatic N) is 2. The molecule has 1 aromatic carbocycles. The molecule has 0 aliphatic heterocycles. The molecule has 0 amide bonds. The van der Waals surface area contributed by atoms with Gasteiger partial charge in [-0.25, -0.2) is 0 Å². The normalized spacial score (nSPS) is 9.14. The molecule has 0 unspecified atom stereocenters. The van der Waals surface area contributed by atoms with E-state index in [9.17, 15) is 10.2 Å². The van der Waals surface area contributed by atoms with E-state index in [0.29, 0.717) is 0 Å². The monoisotopic (exact) mass is 400 g/mol. The van der Waals surface area contributed by atoms with Gasteiger partial charge in [0.05, 0.1) is 0 Å². The smallest absolute Gasteiger partial charge is 0.873 e. The third-order valence-electron chi connectivity index (χ3n) is 2.06. The van der Waals surface area contributed by atoms with E-state index in [0.717, 1.165) is 25.9 Å². The molecule has 1 aromatic rings. The summed E-state index contributed by atoms with van der Waals surface area (Å²) in [5.41, 5.74) is 0. The minimum absolute atomic E-state index is 0. The van der Waals surface area contributed by atoms with E-state index in [1.54, 1.807) is 12.1 Å². The molecule has 0 aliphatic carbocycles. The fourth-order valence-corrected chi connectivity index (χ4v) is 1.08. The molecular weight excluding hydrogens is 371 g/mol. The van der Waals surface area contributed by atoms with Crippen molar-refractivity contribution in [2.24, 2.45) is 0 Å². The number of hydrogen-bond donors (Lipinski definition) is 0. The van der Waals surface area contributed by atoms with Crippen LogP contribution in [0, 0.1) is 13.8 Å². The molecule has 0 fully saturated rings. The number of benzene rings is 1. The topological polar surface area (TPSA) is 52.6 Å². The van der Waals surface area contributed by atoms with Crippen molar-refractivity contribution < 1.29 is 10.2 Å². The van der Waals surface area contributed by atoms with Crippen molar-refractivity contribution in [3.63, 3.8) is 0 Å². The maximum Gasteiger partial charge on any atom is 2.00 e. The summed E-state index contributed by atoms with van der Waals surface area (Å²) in [4.78, 5) is 4.24. The van der Waals surface area contributed by atoms with Crippen molar-refractivity contribution in [1.29, 1.82) is 0 Å². The maximum atomic E-state index is 10.3. The summed E-state index contributed by atoms with van der Waals surface area (Å²) in [7, 11) is 8.19. The van der Waals surface area contributed by atoms with Gasteiger partial charge in [0.2, 0.25) is 0 Å². The van der Waals surface area contributed by atoms with Gasteiger partial charge in [-0.05, 0) is 54.1 Å². The van der Waals surface area contributed by atoms with E-state index in [2.05, 4.69) is 23.6 Å². The minimum atomic E-state index is -0.437. The van der Waals surface area contributed by atoms with Crippen LogP contribution >= 0.6 is 0 Å². The van der Waals surface area contributed by atoms with Gasteiger partial charge < -0.3 is 20.0 Å². The number of rotatable bonds is 4. The Morgan fingerprint density at radius 1 is 0.810 bits per heavy atom. The molecular formula is C16H28N2O2Sn. The minimum Gasteiger partial charge on any atom is -0.873 e. The van der Waals surface area contributed by atoms with Crippen LogP contribution in [0.25, 0.3) is 0 Å². The molecule has 0 aromatic heterocycles. The zero-order valence-electron chi connectivity index (χ0n) is 13.8. The summed E-state index contributed by atoms with van der Waals surface area (Å²) in [5.74, 6) is -0.875. The van der Waals surface area contributed by atoms with E-state index < -0.39 is 11.5 Å². The molecule has 4 nitrogen and oxygen atoms in total. The van der Waals surface area contributed by atoms with Crippen LogP contribution in [0.5, 0.6) is 11.5 Å². The Labute approximate surface area is 147 Å². The molecule has 0 bridgehead atoms. The second-order valence-corrected chi connectivity index (χ2v) is 4.76. The molecule has 0 aliphatic rings. The largest absolute Gasteiger partial charge is 2.00 e. The van der Waals surface area contributed by atoms with Crippen LogP contribution in [0.4, 0.5) is 0 Å². The summed E-state index contributed by atoms with van der Waals surface area (Å²) < 4.78 is 0. The van der Waals surface area contributed by atoms with Gasteiger partial charge >= 0.3 is 23.9 Å². The summed E-state index contributed by atoms with van der Waals surface area (Å²) in [5, 5.41) is 20.6. The molecule has 0 saturated carbocycles. The van der Waals surface area contributed by atoms with E-state index >= 15 is 0 Å².